The van der Waals surface area contributed by atoms with E-state index in [-0.39, 0.29) is 5.92 Å². The van der Waals surface area contributed by atoms with Crippen LogP contribution in [-0.4, -0.2) is 34.1 Å². The normalized spacial score (nSPS) is 20.2. The van der Waals surface area contributed by atoms with Crippen LogP contribution in [0.3, 0.4) is 0 Å². The van der Waals surface area contributed by atoms with Crippen LogP contribution < -0.4 is 4.90 Å². The average Bonchev–Trinajstić information content (AvgIpc) is 2.82. The molecule has 3 heterocycles. The summed E-state index contributed by atoms with van der Waals surface area (Å²) in [6.45, 7) is 1.43. The summed E-state index contributed by atoms with van der Waals surface area (Å²) in [4.78, 5) is 22.8. The molecule has 94 valence electrons. The topological polar surface area (TPSA) is 66.3 Å². The quantitative estimate of drug-likeness (QED) is 0.897. The molecule has 0 aliphatic carbocycles. The Bertz CT molecular complexity index is 550. The molecule has 0 radical (unpaired) electrons. The van der Waals surface area contributed by atoms with E-state index >= 15 is 0 Å². The largest absolute Gasteiger partial charge is 0.481 e. The summed E-state index contributed by atoms with van der Waals surface area (Å²) in [5.74, 6) is -0.988. The molecule has 0 bridgehead atoms. The SMILES string of the molecule is O=C(O)C1CCCN(c2nc3cccnc3s2)C1. The fraction of sp³-hybridized carbons (Fsp3) is 0.417. The van der Waals surface area contributed by atoms with Crippen molar-refractivity contribution in [3.8, 4) is 0 Å². The predicted molar refractivity (Wildman–Crippen MR) is 70.0 cm³/mol. The van der Waals surface area contributed by atoms with Crippen LogP contribution in [0.1, 0.15) is 12.8 Å². The van der Waals surface area contributed by atoms with Gasteiger partial charge < -0.3 is 10.0 Å². The third-order valence-corrected chi connectivity index (χ3v) is 4.24. The summed E-state index contributed by atoms with van der Waals surface area (Å²) >= 11 is 1.53. The molecule has 5 nitrogen and oxygen atoms in total. The fourth-order valence-corrected chi connectivity index (χ4v) is 3.19. The molecule has 0 spiro atoms. The first-order valence-corrected chi connectivity index (χ1v) is 6.75. The third kappa shape index (κ3) is 2.03. The summed E-state index contributed by atoms with van der Waals surface area (Å²) in [6.07, 6.45) is 3.41. The maximum atomic E-state index is 11.0. The van der Waals surface area contributed by atoms with E-state index in [1.54, 1.807) is 6.20 Å². The van der Waals surface area contributed by atoms with Gasteiger partial charge in [-0.05, 0) is 25.0 Å². The number of aromatic nitrogens is 2. The number of hydrogen-bond acceptors (Lipinski definition) is 5. The number of carboxylic acid groups (broad SMARTS) is 1. The number of carboxylic acids is 1. The van der Waals surface area contributed by atoms with Gasteiger partial charge in [-0.1, -0.05) is 11.3 Å². The van der Waals surface area contributed by atoms with Crippen molar-refractivity contribution in [3.05, 3.63) is 18.3 Å². The van der Waals surface area contributed by atoms with Gasteiger partial charge in [-0.15, -0.1) is 0 Å². The number of piperidine rings is 1. The van der Waals surface area contributed by atoms with E-state index in [2.05, 4.69) is 14.9 Å². The molecule has 0 amide bonds. The van der Waals surface area contributed by atoms with Gasteiger partial charge in [0.2, 0.25) is 0 Å². The van der Waals surface area contributed by atoms with Gasteiger partial charge >= 0.3 is 5.97 Å². The Hall–Kier alpha value is -1.69. The highest BCUT2D eigenvalue weighted by Crippen LogP contribution is 2.30. The Kier molecular flexibility index (Phi) is 2.87. The average molecular weight is 263 g/mol. The molecule has 0 saturated carbocycles. The molecule has 2 aromatic heterocycles. The number of hydrogen-bond donors (Lipinski definition) is 1. The Morgan fingerprint density at radius 3 is 3.22 bits per heavy atom. The second-order valence-corrected chi connectivity index (χ2v) is 5.40. The molecule has 1 atom stereocenters. The van der Waals surface area contributed by atoms with Crippen LogP contribution in [0.25, 0.3) is 10.3 Å². The lowest BCUT2D eigenvalue weighted by Crippen LogP contribution is -2.38. The lowest BCUT2D eigenvalue weighted by Gasteiger charge is -2.30. The van der Waals surface area contributed by atoms with Gasteiger partial charge in [0, 0.05) is 19.3 Å². The summed E-state index contributed by atoms with van der Waals surface area (Å²) in [5.41, 5.74) is 0.884. The predicted octanol–water partition coefficient (Wildman–Crippen LogP) is 1.99. The minimum atomic E-state index is -0.709. The highest BCUT2D eigenvalue weighted by atomic mass is 32.1. The van der Waals surface area contributed by atoms with Crippen molar-refractivity contribution in [2.24, 2.45) is 5.92 Å². The number of fused-ring (bicyclic) bond motifs is 1. The fourth-order valence-electron chi connectivity index (χ4n) is 2.25. The number of aliphatic carboxylic acids is 1. The Labute approximate surface area is 108 Å². The Morgan fingerprint density at radius 2 is 2.44 bits per heavy atom. The van der Waals surface area contributed by atoms with E-state index in [4.69, 9.17) is 5.11 Å². The van der Waals surface area contributed by atoms with E-state index < -0.39 is 5.97 Å². The van der Waals surface area contributed by atoms with E-state index in [9.17, 15) is 4.79 Å². The summed E-state index contributed by atoms with van der Waals surface area (Å²) in [5, 5.41) is 9.97. The second kappa shape index (κ2) is 4.53. The minimum absolute atomic E-state index is 0.279. The van der Waals surface area contributed by atoms with Crippen molar-refractivity contribution >= 4 is 32.8 Å². The molecular formula is C12H13N3O2S. The van der Waals surface area contributed by atoms with Crippen molar-refractivity contribution in [1.29, 1.82) is 0 Å². The monoisotopic (exact) mass is 263 g/mol. The molecule has 2 aromatic rings. The summed E-state index contributed by atoms with van der Waals surface area (Å²) in [6, 6.07) is 3.79. The molecule has 3 rings (SSSR count). The van der Waals surface area contributed by atoms with Gasteiger partial charge in [0.1, 0.15) is 10.3 Å². The number of thiazole rings is 1. The van der Waals surface area contributed by atoms with Gasteiger partial charge in [-0.2, -0.15) is 0 Å². The molecule has 6 heteroatoms. The van der Waals surface area contributed by atoms with E-state index in [0.717, 1.165) is 34.9 Å². The highest BCUT2D eigenvalue weighted by Gasteiger charge is 2.27. The van der Waals surface area contributed by atoms with Crippen molar-refractivity contribution in [3.63, 3.8) is 0 Å². The number of anilines is 1. The molecule has 1 aliphatic heterocycles. The van der Waals surface area contributed by atoms with Gasteiger partial charge in [0.15, 0.2) is 5.13 Å². The molecule has 18 heavy (non-hydrogen) atoms. The van der Waals surface area contributed by atoms with Crippen LogP contribution in [0.2, 0.25) is 0 Å². The first kappa shape index (κ1) is 11.4. The van der Waals surface area contributed by atoms with E-state index in [1.165, 1.54) is 11.3 Å². The maximum Gasteiger partial charge on any atom is 0.308 e. The van der Waals surface area contributed by atoms with E-state index in [0.29, 0.717) is 6.54 Å². The van der Waals surface area contributed by atoms with Crippen molar-refractivity contribution in [2.45, 2.75) is 12.8 Å². The van der Waals surface area contributed by atoms with Gasteiger partial charge in [-0.3, -0.25) is 4.79 Å². The number of rotatable bonds is 2. The molecule has 1 aliphatic rings. The van der Waals surface area contributed by atoms with Crippen LogP contribution >= 0.6 is 11.3 Å². The van der Waals surface area contributed by atoms with Gasteiger partial charge in [-0.25, -0.2) is 9.97 Å². The number of nitrogens with zero attached hydrogens (tertiary/aromatic N) is 3. The Morgan fingerprint density at radius 1 is 1.56 bits per heavy atom. The highest BCUT2D eigenvalue weighted by molar-refractivity contribution is 7.21. The van der Waals surface area contributed by atoms with Crippen LogP contribution in [0.5, 0.6) is 0 Å². The third-order valence-electron chi connectivity index (χ3n) is 3.20. The zero-order valence-corrected chi connectivity index (χ0v) is 10.6. The van der Waals surface area contributed by atoms with Crippen molar-refractivity contribution < 1.29 is 9.90 Å². The zero-order valence-electron chi connectivity index (χ0n) is 9.74. The van der Waals surface area contributed by atoms with Crippen molar-refractivity contribution in [2.75, 3.05) is 18.0 Å². The number of pyridine rings is 1. The molecule has 1 saturated heterocycles. The van der Waals surface area contributed by atoms with Crippen LogP contribution in [0.4, 0.5) is 5.13 Å². The molecule has 0 aromatic carbocycles. The van der Waals surface area contributed by atoms with Crippen molar-refractivity contribution in [1.82, 2.24) is 9.97 Å². The molecule has 1 unspecified atom stereocenters. The maximum absolute atomic E-state index is 11.0. The first-order chi connectivity index (χ1) is 8.74. The minimum Gasteiger partial charge on any atom is -0.481 e. The lowest BCUT2D eigenvalue weighted by atomic mass is 9.99. The second-order valence-electron chi connectivity index (χ2n) is 4.45. The van der Waals surface area contributed by atoms with Gasteiger partial charge in [0.05, 0.1) is 5.92 Å². The van der Waals surface area contributed by atoms with Crippen LogP contribution in [0, 0.1) is 5.92 Å². The smallest absolute Gasteiger partial charge is 0.308 e. The molecular weight excluding hydrogens is 250 g/mol. The lowest BCUT2D eigenvalue weighted by molar-refractivity contribution is -0.141. The molecule has 1 N–H and O–H groups in total. The Balaban J connectivity index is 1.87. The first-order valence-electron chi connectivity index (χ1n) is 5.93. The van der Waals surface area contributed by atoms with Crippen LogP contribution in [0.15, 0.2) is 18.3 Å². The van der Waals surface area contributed by atoms with Crippen LogP contribution in [-0.2, 0) is 4.79 Å². The van der Waals surface area contributed by atoms with E-state index in [1.807, 2.05) is 12.1 Å². The van der Waals surface area contributed by atoms with Gasteiger partial charge in [0.25, 0.3) is 0 Å². The molecule has 1 fully saturated rings. The summed E-state index contributed by atoms with van der Waals surface area (Å²) in [7, 11) is 0. The standard InChI is InChI=1S/C12H13N3O2S/c16-11(17)8-3-2-6-15(7-8)12-14-9-4-1-5-13-10(9)18-12/h1,4-5,8H,2-3,6-7H2,(H,16,17). The number of carbonyl (C=O) groups is 1. The zero-order chi connectivity index (χ0) is 12.5. The summed E-state index contributed by atoms with van der Waals surface area (Å²) < 4.78 is 0.